The molecule has 1 saturated heterocycles. The first-order chi connectivity index (χ1) is 16.8. The highest BCUT2D eigenvalue weighted by molar-refractivity contribution is 7.89. The molecule has 0 saturated carbocycles. The highest BCUT2D eigenvalue weighted by atomic mass is 32.2. The van der Waals surface area contributed by atoms with Crippen molar-refractivity contribution in [3.05, 3.63) is 71.5 Å². The number of piperazine rings is 1. The van der Waals surface area contributed by atoms with Crippen LogP contribution in [0, 0.1) is 13.8 Å². The van der Waals surface area contributed by atoms with Gasteiger partial charge in [0.2, 0.25) is 10.0 Å². The van der Waals surface area contributed by atoms with Gasteiger partial charge in [-0.25, -0.2) is 13.1 Å². The van der Waals surface area contributed by atoms with E-state index in [-0.39, 0.29) is 10.8 Å². The van der Waals surface area contributed by atoms with Crippen molar-refractivity contribution in [2.75, 3.05) is 44.2 Å². The number of carbonyl (C=O) groups is 1. The lowest BCUT2D eigenvalue weighted by atomic mass is 10.1. The van der Waals surface area contributed by atoms with Gasteiger partial charge in [-0.1, -0.05) is 32.0 Å². The number of hydrogen-bond acceptors (Lipinski definition) is 5. The lowest BCUT2D eigenvalue weighted by molar-refractivity contribution is 0.0746. The summed E-state index contributed by atoms with van der Waals surface area (Å²) in [5.74, 6) is -0.0788. The molecule has 0 aliphatic carbocycles. The van der Waals surface area contributed by atoms with Gasteiger partial charge >= 0.3 is 0 Å². The van der Waals surface area contributed by atoms with Crippen molar-refractivity contribution in [1.82, 2.24) is 19.0 Å². The third-order valence-electron chi connectivity index (χ3n) is 6.58. The zero-order valence-electron chi connectivity index (χ0n) is 20.8. The second-order valence-electron chi connectivity index (χ2n) is 8.66. The molecule has 2 aromatic carbocycles. The SMILES string of the molecule is CCN(CC)S(=O)(=O)c1ccc(C(=O)N2CCN(c3c(C)nn(-c4ccccc4)c3C)CC2)cc1. The Labute approximate surface area is 207 Å². The second kappa shape index (κ2) is 10.2. The molecule has 0 bridgehead atoms. The van der Waals surface area contributed by atoms with Gasteiger partial charge in [0, 0.05) is 44.8 Å². The molecule has 1 amide bonds. The van der Waals surface area contributed by atoms with Crippen LogP contribution in [0.1, 0.15) is 35.6 Å². The van der Waals surface area contributed by atoms with E-state index in [4.69, 9.17) is 5.10 Å². The zero-order chi connectivity index (χ0) is 25.2. The molecule has 1 aliphatic heterocycles. The van der Waals surface area contributed by atoms with Crippen molar-refractivity contribution >= 4 is 21.6 Å². The maximum atomic E-state index is 13.1. The van der Waals surface area contributed by atoms with Crippen molar-refractivity contribution in [3.63, 3.8) is 0 Å². The zero-order valence-corrected chi connectivity index (χ0v) is 21.6. The number of nitrogens with zero attached hydrogens (tertiary/aromatic N) is 5. The fourth-order valence-corrected chi connectivity index (χ4v) is 6.17. The van der Waals surface area contributed by atoms with Crippen LogP contribution in [0.4, 0.5) is 5.69 Å². The minimum atomic E-state index is -3.54. The molecule has 8 nitrogen and oxygen atoms in total. The average molecular weight is 496 g/mol. The minimum Gasteiger partial charge on any atom is -0.365 e. The van der Waals surface area contributed by atoms with E-state index in [2.05, 4.69) is 11.8 Å². The van der Waals surface area contributed by atoms with Crippen molar-refractivity contribution in [2.24, 2.45) is 0 Å². The minimum absolute atomic E-state index is 0.0788. The van der Waals surface area contributed by atoms with Gasteiger partial charge in [0.1, 0.15) is 0 Å². The number of rotatable bonds is 7. The van der Waals surface area contributed by atoms with Gasteiger partial charge in [-0.15, -0.1) is 0 Å². The van der Waals surface area contributed by atoms with Gasteiger partial charge < -0.3 is 9.80 Å². The number of benzene rings is 2. The molecular formula is C26H33N5O3S. The molecule has 0 unspecified atom stereocenters. The summed E-state index contributed by atoms with van der Waals surface area (Å²) in [6, 6.07) is 16.4. The summed E-state index contributed by atoms with van der Waals surface area (Å²) >= 11 is 0. The van der Waals surface area contributed by atoms with E-state index in [0.717, 1.165) is 22.8 Å². The van der Waals surface area contributed by atoms with Gasteiger partial charge in [-0.3, -0.25) is 4.79 Å². The molecule has 3 aromatic rings. The van der Waals surface area contributed by atoms with Gasteiger partial charge in [-0.2, -0.15) is 9.40 Å². The Morgan fingerprint density at radius 2 is 1.51 bits per heavy atom. The number of carbonyl (C=O) groups excluding carboxylic acids is 1. The predicted molar refractivity (Wildman–Crippen MR) is 138 cm³/mol. The number of para-hydroxylation sites is 1. The topological polar surface area (TPSA) is 78.8 Å². The maximum Gasteiger partial charge on any atom is 0.253 e. The Kier molecular flexibility index (Phi) is 7.28. The third kappa shape index (κ3) is 4.83. The average Bonchev–Trinajstić information content (AvgIpc) is 3.18. The van der Waals surface area contributed by atoms with E-state index in [0.29, 0.717) is 44.8 Å². The summed E-state index contributed by atoms with van der Waals surface area (Å²) in [6.07, 6.45) is 0. The molecule has 0 atom stereocenters. The number of sulfonamides is 1. The standard InChI is InChI=1S/C26H33N5O3S/c1-5-30(6-2)35(33,34)24-14-12-22(13-15-24)26(32)29-18-16-28(17-19-29)25-20(3)27-31(21(25)4)23-10-8-7-9-11-23/h7-15H,5-6,16-19H2,1-4H3. The highest BCUT2D eigenvalue weighted by Gasteiger charge is 2.27. The van der Waals surface area contributed by atoms with E-state index in [9.17, 15) is 13.2 Å². The Morgan fingerprint density at radius 3 is 2.09 bits per heavy atom. The van der Waals surface area contributed by atoms with Crippen LogP contribution in [0.15, 0.2) is 59.5 Å². The van der Waals surface area contributed by atoms with Crippen LogP contribution in [-0.2, 0) is 10.0 Å². The fourth-order valence-electron chi connectivity index (χ4n) is 4.71. The molecule has 0 radical (unpaired) electrons. The van der Waals surface area contributed by atoms with Gasteiger partial charge in [0.15, 0.2) is 0 Å². The molecule has 2 heterocycles. The Balaban J connectivity index is 1.44. The quantitative estimate of drug-likeness (QED) is 0.502. The lowest BCUT2D eigenvalue weighted by Gasteiger charge is -2.36. The lowest BCUT2D eigenvalue weighted by Crippen LogP contribution is -2.49. The molecule has 1 aromatic heterocycles. The number of anilines is 1. The molecule has 186 valence electrons. The van der Waals surface area contributed by atoms with Crippen LogP contribution >= 0.6 is 0 Å². The number of aryl methyl sites for hydroxylation is 1. The largest absolute Gasteiger partial charge is 0.365 e. The molecule has 0 spiro atoms. The molecule has 1 fully saturated rings. The molecule has 4 rings (SSSR count). The van der Waals surface area contributed by atoms with Crippen LogP contribution in [0.25, 0.3) is 5.69 Å². The summed E-state index contributed by atoms with van der Waals surface area (Å²) in [6.45, 7) is 11.1. The number of hydrogen-bond donors (Lipinski definition) is 0. The molecule has 9 heteroatoms. The van der Waals surface area contributed by atoms with Gasteiger partial charge in [0.25, 0.3) is 5.91 Å². The summed E-state index contributed by atoms with van der Waals surface area (Å²) in [4.78, 5) is 17.4. The summed E-state index contributed by atoms with van der Waals surface area (Å²) in [5, 5.41) is 4.75. The van der Waals surface area contributed by atoms with Gasteiger partial charge in [-0.05, 0) is 50.2 Å². The first kappa shape index (κ1) is 24.9. The monoisotopic (exact) mass is 495 g/mol. The second-order valence-corrected chi connectivity index (χ2v) is 10.6. The maximum absolute atomic E-state index is 13.1. The van der Waals surface area contributed by atoms with E-state index in [1.54, 1.807) is 12.1 Å². The van der Waals surface area contributed by atoms with Crippen LogP contribution in [-0.4, -0.2) is 72.6 Å². The van der Waals surface area contributed by atoms with Crippen LogP contribution < -0.4 is 4.90 Å². The van der Waals surface area contributed by atoms with Crippen LogP contribution in [0.5, 0.6) is 0 Å². The van der Waals surface area contributed by atoms with E-state index < -0.39 is 10.0 Å². The summed E-state index contributed by atoms with van der Waals surface area (Å²) in [7, 11) is -3.54. The Bertz CT molecular complexity index is 1270. The molecule has 35 heavy (non-hydrogen) atoms. The molecular weight excluding hydrogens is 462 g/mol. The van der Waals surface area contributed by atoms with E-state index in [1.165, 1.54) is 16.4 Å². The van der Waals surface area contributed by atoms with Crippen molar-refractivity contribution in [2.45, 2.75) is 32.6 Å². The Morgan fingerprint density at radius 1 is 0.914 bits per heavy atom. The van der Waals surface area contributed by atoms with E-state index >= 15 is 0 Å². The molecule has 0 N–H and O–H groups in total. The Hall–Kier alpha value is -3.17. The van der Waals surface area contributed by atoms with Crippen molar-refractivity contribution < 1.29 is 13.2 Å². The highest BCUT2D eigenvalue weighted by Crippen LogP contribution is 2.28. The van der Waals surface area contributed by atoms with Crippen molar-refractivity contribution in [1.29, 1.82) is 0 Å². The summed E-state index contributed by atoms with van der Waals surface area (Å²) in [5.41, 5.74) is 4.70. The first-order valence-electron chi connectivity index (χ1n) is 12.0. The third-order valence-corrected chi connectivity index (χ3v) is 8.65. The fraction of sp³-hybridized carbons (Fsp3) is 0.385. The smallest absolute Gasteiger partial charge is 0.253 e. The summed E-state index contributed by atoms with van der Waals surface area (Å²) < 4.78 is 28.8. The van der Waals surface area contributed by atoms with Crippen molar-refractivity contribution in [3.8, 4) is 5.69 Å². The van der Waals surface area contributed by atoms with Gasteiger partial charge in [0.05, 0.1) is 27.7 Å². The van der Waals surface area contributed by atoms with Crippen LogP contribution in [0.2, 0.25) is 0 Å². The number of amides is 1. The first-order valence-corrected chi connectivity index (χ1v) is 13.5. The molecule has 1 aliphatic rings. The normalized spacial score (nSPS) is 14.5. The van der Waals surface area contributed by atoms with E-state index in [1.807, 2.05) is 60.7 Å². The number of aromatic nitrogens is 2. The predicted octanol–water partition coefficient (Wildman–Crippen LogP) is 3.48. The van der Waals surface area contributed by atoms with Crippen LogP contribution in [0.3, 0.4) is 0 Å².